The van der Waals surface area contributed by atoms with E-state index in [1.807, 2.05) is 48.2 Å². The molecule has 6 heteroatoms. The highest BCUT2D eigenvalue weighted by Gasteiger charge is 2.34. The Balaban J connectivity index is 1.53. The molecular weight excluding hydrogens is 362 g/mol. The molecule has 5 nitrogen and oxygen atoms in total. The van der Waals surface area contributed by atoms with Crippen LogP contribution in [0.4, 0.5) is 0 Å². The molecule has 4 rings (SSSR count). The molecule has 0 saturated carbocycles. The van der Waals surface area contributed by atoms with E-state index in [4.69, 9.17) is 16.0 Å². The Labute approximate surface area is 163 Å². The first-order valence-electron chi connectivity index (χ1n) is 9.03. The zero-order valence-electron chi connectivity index (χ0n) is 15.1. The number of aromatic nitrogens is 2. The second kappa shape index (κ2) is 7.53. The van der Waals surface area contributed by atoms with Crippen LogP contribution in [0.5, 0.6) is 0 Å². The molecule has 1 aromatic carbocycles. The number of amides is 1. The standard InChI is InChI=1S/C21H20ClN3O2/c1-14-5-3-9-23-19(14)21(26)25-10-4-8-18(25)20-24-13-17(27-20)12-15-6-2-7-16(22)11-15/h2-3,5-7,9,11,13,18H,4,8,10,12H2,1H3/t18-/m0/s1. The molecule has 1 atom stereocenters. The Hall–Kier alpha value is -2.66. The number of carbonyl (C=O) groups is 1. The second-order valence-electron chi connectivity index (χ2n) is 6.80. The monoisotopic (exact) mass is 381 g/mol. The average Bonchev–Trinajstić information content (AvgIpc) is 3.30. The Morgan fingerprint density at radius 1 is 1.30 bits per heavy atom. The lowest BCUT2D eigenvalue weighted by Crippen LogP contribution is -2.31. The number of halogens is 1. The first-order valence-corrected chi connectivity index (χ1v) is 9.41. The van der Waals surface area contributed by atoms with Crippen LogP contribution in [0, 0.1) is 6.92 Å². The van der Waals surface area contributed by atoms with Gasteiger partial charge in [0, 0.05) is 24.2 Å². The number of hydrogen-bond acceptors (Lipinski definition) is 4. The van der Waals surface area contributed by atoms with Gasteiger partial charge in [-0.15, -0.1) is 0 Å². The molecule has 27 heavy (non-hydrogen) atoms. The fourth-order valence-corrected chi connectivity index (χ4v) is 3.73. The van der Waals surface area contributed by atoms with Crippen LogP contribution in [0.3, 0.4) is 0 Å². The van der Waals surface area contributed by atoms with E-state index in [0.717, 1.165) is 29.7 Å². The van der Waals surface area contributed by atoms with Gasteiger partial charge in [-0.3, -0.25) is 9.78 Å². The minimum absolute atomic E-state index is 0.0646. The summed E-state index contributed by atoms with van der Waals surface area (Å²) < 4.78 is 5.99. The zero-order valence-corrected chi connectivity index (χ0v) is 15.8. The van der Waals surface area contributed by atoms with E-state index in [9.17, 15) is 4.79 Å². The summed E-state index contributed by atoms with van der Waals surface area (Å²) >= 11 is 6.05. The summed E-state index contributed by atoms with van der Waals surface area (Å²) in [7, 11) is 0. The maximum Gasteiger partial charge on any atom is 0.273 e. The van der Waals surface area contributed by atoms with E-state index >= 15 is 0 Å². The van der Waals surface area contributed by atoms with Crippen molar-refractivity contribution in [1.82, 2.24) is 14.9 Å². The van der Waals surface area contributed by atoms with Gasteiger partial charge < -0.3 is 9.32 Å². The lowest BCUT2D eigenvalue weighted by atomic mass is 10.1. The van der Waals surface area contributed by atoms with Crippen molar-refractivity contribution in [3.8, 4) is 0 Å². The lowest BCUT2D eigenvalue weighted by molar-refractivity contribution is 0.0708. The molecule has 3 heterocycles. The molecule has 0 spiro atoms. The normalized spacial score (nSPS) is 16.7. The van der Waals surface area contributed by atoms with Crippen LogP contribution in [-0.2, 0) is 6.42 Å². The van der Waals surface area contributed by atoms with Crippen molar-refractivity contribution in [3.05, 3.63) is 82.3 Å². The molecule has 0 radical (unpaired) electrons. The van der Waals surface area contributed by atoms with Gasteiger partial charge in [-0.05, 0) is 49.1 Å². The Bertz CT molecular complexity index is 969. The van der Waals surface area contributed by atoms with Gasteiger partial charge in [0.2, 0.25) is 5.89 Å². The van der Waals surface area contributed by atoms with Gasteiger partial charge in [0.25, 0.3) is 5.91 Å². The van der Waals surface area contributed by atoms with Gasteiger partial charge in [-0.2, -0.15) is 0 Å². The topological polar surface area (TPSA) is 59.2 Å². The van der Waals surface area contributed by atoms with E-state index in [1.165, 1.54) is 0 Å². The van der Waals surface area contributed by atoms with E-state index in [0.29, 0.717) is 29.6 Å². The first-order chi connectivity index (χ1) is 13.1. The Morgan fingerprint density at radius 3 is 3.00 bits per heavy atom. The molecule has 0 unspecified atom stereocenters. The van der Waals surface area contributed by atoms with Crippen LogP contribution < -0.4 is 0 Å². The first kappa shape index (κ1) is 17.7. The molecule has 1 aliphatic heterocycles. The molecule has 1 fully saturated rings. The van der Waals surface area contributed by atoms with Gasteiger partial charge in [0.05, 0.1) is 6.20 Å². The maximum atomic E-state index is 13.0. The van der Waals surface area contributed by atoms with E-state index in [2.05, 4.69) is 9.97 Å². The summed E-state index contributed by atoms with van der Waals surface area (Å²) in [4.78, 5) is 23.5. The molecule has 1 aliphatic rings. The smallest absolute Gasteiger partial charge is 0.273 e. The van der Waals surface area contributed by atoms with Gasteiger partial charge in [0.15, 0.2) is 0 Å². The van der Waals surface area contributed by atoms with Crippen molar-refractivity contribution in [2.75, 3.05) is 6.54 Å². The number of rotatable bonds is 4. The minimum atomic E-state index is -0.146. The third-order valence-corrected chi connectivity index (χ3v) is 5.08. The van der Waals surface area contributed by atoms with Crippen molar-refractivity contribution in [3.63, 3.8) is 0 Å². The highest BCUT2D eigenvalue weighted by atomic mass is 35.5. The van der Waals surface area contributed by atoms with Gasteiger partial charge in [0.1, 0.15) is 17.5 Å². The molecule has 138 valence electrons. The van der Waals surface area contributed by atoms with Crippen LogP contribution in [0.2, 0.25) is 5.02 Å². The van der Waals surface area contributed by atoms with Gasteiger partial charge in [-0.25, -0.2) is 4.98 Å². The number of carbonyl (C=O) groups excluding carboxylic acids is 1. The predicted molar refractivity (Wildman–Crippen MR) is 103 cm³/mol. The number of likely N-dealkylation sites (tertiary alicyclic amines) is 1. The number of aryl methyl sites for hydroxylation is 1. The van der Waals surface area contributed by atoms with E-state index < -0.39 is 0 Å². The largest absolute Gasteiger partial charge is 0.443 e. The van der Waals surface area contributed by atoms with Crippen molar-refractivity contribution in [2.45, 2.75) is 32.2 Å². The summed E-state index contributed by atoms with van der Waals surface area (Å²) in [5.74, 6) is 1.29. The summed E-state index contributed by atoms with van der Waals surface area (Å²) in [6.07, 6.45) is 5.78. The van der Waals surface area contributed by atoms with Crippen LogP contribution in [0.25, 0.3) is 0 Å². The molecule has 3 aromatic rings. The number of nitrogens with zero attached hydrogens (tertiary/aromatic N) is 3. The van der Waals surface area contributed by atoms with Crippen LogP contribution in [-0.4, -0.2) is 27.3 Å². The molecule has 0 N–H and O–H groups in total. The average molecular weight is 382 g/mol. The van der Waals surface area contributed by atoms with E-state index in [-0.39, 0.29) is 11.9 Å². The number of oxazole rings is 1. The summed E-state index contributed by atoms with van der Waals surface area (Å²) in [6, 6.07) is 11.3. The van der Waals surface area contributed by atoms with Crippen LogP contribution >= 0.6 is 11.6 Å². The van der Waals surface area contributed by atoms with Gasteiger partial charge >= 0.3 is 0 Å². The highest BCUT2D eigenvalue weighted by molar-refractivity contribution is 6.30. The summed E-state index contributed by atoms with van der Waals surface area (Å²) in [6.45, 7) is 2.59. The Morgan fingerprint density at radius 2 is 2.19 bits per heavy atom. The number of benzene rings is 1. The third-order valence-electron chi connectivity index (χ3n) is 4.85. The number of hydrogen-bond donors (Lipinski definition) is 0. The number of pyridine rings is 1. The predicted octanol–water partition coefficient (Wildman–Crippen LogP) is 4.60. The second-order valence-corrected chi connectivity index (χ2v) is 7.23. The maximum absolute atomic E-state index is 13.0. The molecule has 0 aliphatic carbocycles. The van der Waals surface area contributed by atoms with Crippen LogP contribution in [0.15, 0.2) is 53.2 Å². The Kier molecular flexibility index (Phi) is 4.94. The summed E-state index contributed by atoms with van der Waals surface area (Å²) in [5, 5.41) is 0.700. The zero-order chi connectivity index (χ0) is 18.8. The van der Waals surface area contributed by atoms with Crippen LogP contribution in [0.1, 0.15) is 52.1 Å². The quantitative estimate of drug-likeness (QED) is 0.662. The van der Waals surface area contributed by atoms with Crippen molar-refractivity contribution < 1.29 is 9.21 Å². The van der Waals surface area contributed by atoms with Crippen molar-refractivity contribution in [2.24, 2.45) is 0 Å². The molecule has 0 bridgehead atoms. The molecule has 1 saturated heterocycles. The fourth-order valence-electron chi connectivity index (χ4n) is 3.52. The molecule has 2 aromatic heterocycles. The van der Waals surface area contributed by atoms with Crippen molar-refractivity contribution >= 4 is 17.5 Å². The van der Waals surface area contributed by atoms with E-state index in [1.54, 1.807) is 12.4 Å². The van der Waals surface area contributed by atoms with Gasteiger partial charge in [-0.1, -0.05) is 29.8 Å². The molecule has 1 amide bonds. The molecular formula is C21H20ClN3O2. The highest BCUT2D eigenvalue weighted by Crippen LogP contribution is 2.33. The fraction of sp³-hybridized carbons (Fsp3) is 0.286. The van der Waals surface area contributed by atoms with Crippen molar-refractivity contribution in [1.29, 1.82) is 0 Å². The summed E-state index contributed by atoms with van der Waals surface area (Å²) in [5.41, 5.74) is 2.44. The SMILES string of the molecule is Cc1cccnc1C(=O)N1CCC[C@H]1c1ncc(Cc2cccc(Cl)c2)o1. The third kappa shape index (κ3) is 3.74. The lowest BCUT2D eigenvalue weighted by Gasteiger charge is -2.22. The minimum Gasteiger partial charge on any atom is -0.443 e.